The number of hydrogen-bond donors (Lipinski definition) is 0. The van der Waals surface area contributed by atoms with Crippen molar-refractivity contribution in [3.05, 3.63) is 24.0 Å². The fourth-order valence-corrected chi connectivity index (χ4v) is 3.86. The average molecular weight is 244 g/mol. The summed E-state index contributed by atoms with van der Waals surface area (Å²) in [5, 5.41) is 0. The highest BCUT2D eigenvalue weighted by Crippen LogP contribution is 2.41. The lowest BCUT2D eigenvalue weighted by Gasteiger charge is -2.31. The topological polar surface area (TPSA) is 16.1 Å². The molecule has 1 saturated heterocycles. The van der Waals surface area contributed by atoms with Crippen LogP contribution in [0.4, 0.5) is 5.69 Å². The minimum Gasteiger partial charge on any atom is -0.366 e. The Balaban J connectivity index is 1.95. The van der Waals surface area contributed by atoms with Crippen LogP contribution in [0.1, 0.15) is 63.9 Å². The molecule has 2 heterocycles. The molecule has 1 aromatic heterocycles. The third-order valence-electron chi connectivity index (χ3n) is 4.85. The van der Waals surface area contributed by atoms with Crippen LogP contribution in [0.15, 0.2) is 18.5 Å². The summed E-state index contributed by atoms with van der Waals surface area (Å²) in [7, 11) is 0. The number of aromatic nitrogens is 1. The fraction of sp³-hybridized carbons (Fsp3) is 0.688. The molecular weight excluding hydrogens is 220 g/mol. The molecule has 0 spiro atoms. The van der Waals surface area contributed by atoms with Crippen molar-refractivity contribution in [3.63, 3.8) is 0 Å². The van der Waals surface area contributed by atoms with Gasteiger partial charge >= 0.3 is 0 Å². The van der Waals surface area contributed by atoms with E-state index in [1.165, 1.54) is 49.8 Å². The van der Waals surface area contributed by atoms with Gasteiger partial charge in [0.05, 0.1) is 0 Å². The number of anilines is 1. The standard InChI is InChI=1S/C16H24N2/c1-12-7-8-13(2)18(12)16-9-10-17-11-15(16)14-5-3-4-6-14/h9-14H,3-8H2,1-2H3/t12-,13-/m1/s1. The monoisotopic (exact) mass is 244 g/mol. The molecule has 1 aromatic rings. The van der Waals surface area contributed by atoms with E-state index in [1.54, 1.807) is 0 Å². The van der Waals surface area contributed by atoms with Crippen molar-refractivity contribution in [1.29, 1.82) is 0 Å². The van der Waals surface area contributed by atoms with Gasteiger partial charge in [-0.2, -0.15) is 0 Å². The largest absolute Gasteiger partial charge is 0.366 e. The maximum absolute atomic E-state index is 4.38. The minimum atomic E-state index is 0.683. The molecule has 0 amide bonds. The Kier molecular flexibility index (Phi) is 3.27. The molecule has 0 N–H and O–H groups in total. The van der Waals surface area contributed by atoms with E-state index in [9.17, 15) is 0 Å². The van der Waals surface area contributed by atoms with Gasteiger partial charge in [-0.25, -0.2) is 0 Å². The second kappa shape index (κ2) is 4.91. The van der Waals surface area contributed by atoms with Crippen LogP contribution in [-0.4, -0.2) is 17.1 Å². The van der Waals surface area contributed by atoms with E-state index >= 15 is 0 Å². The molecule has 98 valence electrons. The SMILES string of the molecule is C[C@@H]1CC[C@@H](C)N1c1ccncc1C1CCCC1. The molecular formula is C16H24N2. The lowest BCUT2D eigenvalue weighted by Crippen LogP contribution is -2.33. The van der Waals surface area contributed by atoms with Gasteiger partial charge in [-0.15, -0.1) is 0 Å². The first kappa shape index (κ1) is 12.0. The van der Waals surface area contributed by atoms with Crippen LogP contribution in [0.2, 0.25) is 0 Å². The molecule has 1 saturated carbocycles. The molecule has 3 rings (SSSR count). The van der Waals surface area contributed by atoms with Crippen molar-refractivity contribution in [3.8, 4) is 0 Å². The zero-order chi connectivity index (χ0) is 12.5. The zero-order valence-electron chi connectivity index (χ0n) is 11.6. The summed E-state index contributed by atoms with van der Waals surface area (Å²) in [5.41, 5.74) is 2.98. The Morgan fingerprint density at radius 1 is 1.06 bits per heavy atom. The van der Waals surface area contributed by atoms with Crippen LogP contribution >= 0.6 is 0 Å². The summed E-state index contributed by atoms with van der Waals surface area (Å²) < 4.78 is 0. The van der Waals surface area contributed by atoms with Gasteiger partial charge in [0.1, 0.15) is 0 Å². The van der Waals surface area contributed by atoms with E-state index in [1.807, 2.05) is 6.20 Å². The van der Waals surface area contributed by atoms with Crippen LogP contribution in [0.3, 0.4) is 0 Å². The Morgan fingerprint density at radius 3 is 2.39 bits per heavy atom. The maximum Gasteiger partial charge on any atom is 0.0437 e. The number of hydrogen-bond acceptors (Lipinski definition) is 2. The van der Waals surface area contributed by atoms with E-state index in [2.05, 4.69) is 36.0 Å². The third-order valence-corrected chi connectivity index (χ3v) is 4.85. The summed E-state index contributed by atoms with van der Waals surface area (Å²) in [6.45, 7) is 4.73. The molecule has 1 aliphatic heterocycles. The predicted molar refractivity (Wildman–Crippen MR) is 76.1 cm³/mol. The first-order valence-corrected chi connectivity index (χ1v) is 7.49. The van der Waals surface area contributed by atoms with Crippen LogP contribution in [0.5, 0.6) is 0 Å². The Morgan fingerprint density at radius 2 is 1.72 bits per heavy atom. The molecule has 2 atom stereocenters. The smallest absolute Gasteiger partial charge is 0.0437 e. The highest BCUT2D eigenvalue weighted by molar-refractivity contribution is 5.56. The molecule has 2 nitrogen and oxygen atoms in total. The van der Waals surface area contributed by atoms with Crippen LogP contribution < -0.4 is 4.90 Å². The molecule has 0 radical (unpaired) electrons. The van der Waals surface area contributed by atoms with Gasteiger partial charge < -0.3 is 4.90 Å². The summed E-state index contributed by atoms with van der Waals surface area (Å²) in [6.07, 6.45) is 12.2. The minimum absolute atomic E-state index is 0.683. The zero-order valence-corrected chi connectivity index (χ0v) is 11.6. The summed E-state index contributed by atoms with van der Waals surface area (Å²) in [6, 6.07) is 3.61. The second-order valence-electron chi connectivity index (χ2n) is 6.10. The van der Waals surface area contributed by atoms with Gasteiger partial charge in [0.2, 0.25) is 0 Å². The highest BCUT2D eigenvalue weighted by Gasteiger charge is 2.31. The first-order chi connectivity index (χ1) is 8.77. The Labute approximate surface area is 110 Å². The number of pyridine rings is 1. The maximum atomic E-state index is 4.38. The van der Waals surface area contributed by atoms with Crippen LogP contribution in [-0.2, 0) is 0 Å². The predicted octanol–water partition coefficient (Wildman–Crippen LogP) is 4.12. The van der Waals surface area contributed by atoms with Crippen LogP contribution in [0, 0.1) is 0 Å². The van der Waals surface area contributed by atoms with Gasteiger partial charge in [0.25, 0.3) is 0 Å². The van der Waals surface area contributed by atoms with Gasteiger partial charge in [0, 0.05) is 30.2 Å². The molecule has 2 aliphatic rings. The summed E-state index contributed by atoms with van der Waals surface area (Å²) in [5.74, 6) is 0.758. The second-order valence-corrected chi connectivity index (χ2v) is 6.10. The lowest BCUT2D eigenvalue weighted by atomic mass is 9.97. The molecule has 2 fully saturated rings. The first-order valence-electron chi connectivity index (χ1n) is 7.49. The summed E-state index contributed by atoms with van der Waals surface area (Å²) >= 11 is 0. The Bertz CT molecular complexity index is 399. The van der Waals surface area contributed by atoms with Crippen molar-refractivity contribution in [1.82, 2.24) is 4.98 Å². The molecule has 1 aliphatic carbocycles. The van der Waals surface area contributed by atoms with Crippen LogP contribution in [0.25, 0.3) is 0 Å². The van der Waals surface area contributed by atoms with E-state index < -0.39 is 0 Å². The number of rotatable bonds is 2. The van der Waals surface area contributed by atoms with Crippen molar-refractivity contribution < 1.29 is 0 Å². The van der Waals surface area contributed by atoms with Crippen molar-refractivity contribution >= 4 is 5.69 Å². The molecule has 0 bridgehead atoms. The van der Waals surface area contributed by atoms with Gasteiger partial charge in [-0.05, 0) is 57.1 Å². The normalized spacial score (nSPS) is 29.1. The quantitative estimate of drug-likeness (QED) is 0.778. The molecule has 0 unspecified atom stereocenters. The number of nitrogens with zero attached hydrogens (tertiary/aromatic N) is 2. The molecule has 18 heavy (non-hydrogen) atoms. The highest BCUT2D eigenvalue weighted by atomic mass is 15.2. The van der Waals surface area contributed by atoms with Crippen molar-refractivity contribution in [2.75, 3.05) is 4.90 Å². The van der Waals surface area contributed by atoms with Crippen molar-refractivity contribution in [2.24, 2.45) is 0 Å². The van der Waals surface area contributed by atoms with E-state index in [0.717, 1.165) is 5.92 Å². The molecule has 2 heteroatoms. The van der Waals surface area contributed by atoms with Gasteiger partial charge in [-0.1, -0.05) is 12.8 Å². The third kappa shape index (κ3) is 2.02. The van der Waals surface area contributed by atoms with E-state index in [4.69, 9.17) is 0 Å². The molecule has 0 aromatic carbocycles. The van der Waals surface area contributed by atoms with Gasteiger partial charge in [0.15, 0.2) is 0 Å². The lowest BCUT2D eigenvalue weighted by molar-refractivity contribution is 0.665. The fourth-order valence-electron chi connectivity index (χ4n) is 3.86. The van der Waals surface area contributed by atoms with E-state index in [-0.39, 0.29) is 0 Å². The Hall–Kier alpha value is -1.05. The van der Waals surface area contributed by atoms with Crippen molar-refractivity contribution in [2.45, 2.75) is 70.4 Å². The average Bonchev–Trinajstić information content (AvgIpc) is 3.00. The van der Waals surface area contributed by atoms with Gasteiger partial charge in [-0.3, -0.25) is 4.98 Å². The van der Waals surface area contributed by atoms with E-state index in [0.29, 0.717) is 12.1 Å². The summed E-state index contributed by atoms with van der Waals surface area (Å²) in [4.78, 5) is 7.02.